The Bertz CT molecular complexity index is 235. The number of hydrogen-bond donors (Lipinski definition) is 2. The zero-order chi connectivity index (χ0) is 8.97. The minimum Gasteiger partial charge on any atom is -0.406 e. The Hall–Kier alpha value is -1.10. The van der Waals surface area contributed by atoms with Gasteiger partial charge in [-0.1, -0.05) is 12.0 Å². The van der Waals surface area contributed by atoms with Crippen LogP contribution in [0.5, 0.6) is 0 Å². The van der Waals surface area contributed by atoms with E-state index in [4.69, 9.17) is 4.42 Å². The first-order valence-electron chi connectivity index (χ1n) is 4.02. The standard InChI is InChI=1S/C7H14N4O/c1-4-9-5(2)6-10-11-7(8-3)12-6/h5,9H,4H2,1-3H3,(H,8,11). The molecule has 0 spiro atoms. The van der Waals surface area contributed by atoms with Gasteiger partial charge in [-0.2, -0.15) is 0 Å². The molecule has 0 aliphatic carbocycles. The molecular formula is C7H14N4O. The molecule has 1 rings (SSSR count). The molecule has 1 unspecified atom stereocenters. The minimum atomic E-state index is 0.115. The van der Waals surface area contributed by atoms with E-state index in [1.165, 1.54) is 0 Å². The van der Waals surface area contributed by atoms with Crippen LogP contribution in [-0.4, -0.2) is 23.8 Å². The van der Waals surface area contributed by atoms with Gasteiger partial charge in [-0.25, -0.2) is 0 Å². The van der Waals surface area contributed by atoms with Crippen LogP contribution in [0.2, 0.25) is 0 Å². The second-order valence-corrected chi connectivity index (χ2v) is 2.47. The van der Waals surface area contributed by atoms with Crippen molar-refractivity contribution in [2.75, 3.05) is 18.9 Å². The second kappa shape index (κ2) is 4.06. The summed E-state index contributed by atoms with van der Waals surface area (Å²) in [5, 5.41) is 13.6. The van der Waals surface area contributed by atoms with Crippen LogP contribution in [0, 0.1) is 0 Å². The van der Waals surface area contributed by atoms with E-state index in [9.17, 15) is 0 Å². The van der Waals surface area contributed by atoms with Crippen LogP contribution in [0.4, 0.5) is 6.01 Å². The number of rotatable bonds is 4. The molecule has 0 bridgehead atoms. The first-order valence-corrected chi connectivity index (χ1v) is 4.02. The molecule has 1 aromatic heterocycles. The molecule has 0 fully saturated rings. The van der Waals surface area contributed by atoms with Crippen molar-refractivity contribution in [3.05, 3.63) is 5.89 Å². The Balaban J connectivity index is 2.61. The van der Waals surface area contributed by atoms with E-state index in [0.717, 1.165) is 6.54 Å². The average Bonchev–Trinajstić information content (AvgIpc) is 2.52. The van der Waals surface area contributed by atoms with Crippen molar-refractivity contribution in [3.63, 3.8) is 0 Å². The maximum Gasteiger partial charge on any atom is 0.315 e. The Kier molecular flexibility index (Phi) is 3.04. The monoisotopic (exact) mass is 170 g/mol. The fourth-order valence-electron chi connectivity index (χ4n) is 0.904. The highest BCUT2D eigenvalue weighted by Gasteiger charge is 2.11. The molecule has 0 radical (unpaired) electrons. The molecule has 0 amide bonds. The quantitative estimate of drug-likeness (QED) is 0.699. The van der Waals surface area contributed by atoms with Crippen LogP contribution in [-0.2, 0) is 0 Å². The van der Waals surface area contributed by atoms with Crippen LogP contribution in [0.1, 0.15) is 25.8 Å². The Morgan fingerprint density at radius 3 is 2.75 bits per heavy atom. The predicted octanol–water partition coefficient (Wildman–Crippen LogP) is 0.782. The number of nitrogens with one attached hydrogen (secondary N) is 2. The van der Waals surface area contributed by atoms with Crippen molar-refractivity contribution in [1.82, 2.24) is 15.5 Å². The molecular weight excluding hydrogens is 156 g/mol. The van der Waals surface area contributed by atoms with E-state index in [0.29, 0.717) is 11.9 Å². The maximum atomic E-state index is 5.25. The smallest absolute Gasteiger partial charge is 0.315 e. The number of nitrogens with zero attached hydrogens (tertiary/aromatic N) is 2. The fourth-order valence-corrected chi connectivity index (χ4v) is 0.904. The first kappa shape index (κ1) is 8.99. The largest absolute Gasteiger partial charge is 0.406 e. The van der Waals surface area contributed by atoms with Gasteiger partial charge < -0.3 is 15.1 Å². The van der Waals surface area contributed by atoms with E-state index in [-0.39, 0.29) is 6.04 Å². The lowest BCUT2D eigenvalue weighted by Gasteiger charge is -2.05. The number of hydrogen-bond acceptors (Lipinski definition) is 5. The summed E-state index contributed by atoms with van der Waals surface area (Å²) in [6.07, 6.45) is 0. The molecule has 12 heavy (non-hydrogen) atoms. The van der Waals surface area contributed by atoms with Crippen molar-refractivity contribution in [3.8, 4) is 0 Å². The molecule has 0 aliphatic heterocycles. The lowest BCUT2D eigenvalue weighted by molar-refractivity contribution is 0.430. The Labute approximate surface area is 71.6 Å². The number of aromatic nitrogens is 2. The maximum absolute atomic E-state index is 5.25. The Morgan fingerprint density at radius 2 is 2.25 bits per heavy atom. The molecule has 1 aromatic rings. The number of anilines is 1. The van der Waals surface area contributed by atoms with Crippen molar-refractivity contribution < 1.29 is 4.42 Å². The van der Waals surface area contributed by atoms with Crippen molar-refractivity contribution >= 4 is 6.01 Å². The fraction of sp³-hybridized carbons (Fsp3) is 0.714. The molecule has 0 saturated carbocycles. The van der Waals surface area contributed by atoms with Gasteiger partial charge in [0.1, 0.15) is 0 Å². The summed E-state index contributed by atoms with van der Waals surface area (Å²) >= 11 is 0. The molecule has 1 atom stereocenters. The molecule has 0 saturated heterocycles. The van der Waals surface area contributed by atoms with Crippen LogP contribution < -0.4 is 10.6 Å². The molecule has 5 nitrogen and oxygen atoms in total. The molecule has 0 aromatic carbocycles. The third-order valence-corrected chi connectivity index (χ3v) is 1.54. The summed E-state index contributed by atoms with van der Waals surface area (Å²) in [5.74, 6) is 0.612. The summed E-state index contributed by atoms with van der Waals surface area (Å²) in [5.41, 5.74) is 0. The summed E-state index contributed by atoms with van der Waals surface area (Å²) in [4.78, 5) is 0. The summed E-state index contributed by atoms with van der Waals surface area (Å²) in [6.45, 7) is 4.90. The van der Waals surface area contributed by atoms with E-state index >= 15 is 0 Å². The normalized spacial score (nSPS) is 12.9. The van der Waals surface area contributed by atoms with Gasteiger partial charge in [0.15, 0.2) is 0 Å². The van der Waals surface area contributed by atoms with Gasteiger partial charge in [0.2, 0.25) is 5.89 Å². The van der Waals surface area contributed by atoms with Crippen LogP contribution in [0.15, 0.2) is 4.42 Å². The van der Waals surface area contributed by atoms with E-state index < -0.39 is 0 Å². The molecule has 0 aliphatic rings. The predicted molar refractivity (Wildman–Crippen MR) is 45.9 cm³/mol. The SMILES string of the molecule is CCNC(C)c1nnc(NC)o1. The second-order valence-electron chi connectivity index (χ2n) is 2.47. The topological polar surface area (TPSA) is 63.0 Å². The van der Waals surface area contributed by atoms with Gasteiger partial charge in [-0.3, -0.25) is 0 Å². The third-order valence-electron chi connectivity index (χ3n) is 1.54. The third kappa shape index (κ3) is 1.94. The lowest BCUT2D eigenvalue weighted by Crippen LogP contribution is -2.17. The van der Waals surface area contributed by atoms with Crippen molar-refractivity contribution in [2.24, 2.45) is 0 Å². The van der Waals surface area contributed by atoms with Gasteiger partial charge >= 0.3 is 6.01 Å². The zero-order valence-corrected chi connectivity index (χ0v) is 7.59. The summed E-state index contributed by atoms with van der Waals surface area (Å²) in [7, 11) is 1.75. The van der Waals surface area contributed by atoms with Crippen molar-refractivity contribution in [2.45, 2.75) is 19.9 Å². The molecule has 1 heterocycles. The van der Waals surface area contributed by atoms with Gasteiger partial charge in [0.25, 0.3) is 0 Å². The van der Waals surface area contributed by atoms with Crippen LogP contribution >= 0.6 is 0 Å². The highest BCUT2D eigenvalue weighted by molar-refractivity contribution is 5.14. The van der Waals surface area contributed by atoms with Crippen LogP contribution in [0.3, 0.4) is 0 Å². The lowest BCUT2D eigenvalue weighted by atomic mass is 10.3. The average molecular weight is 170 g/mol. The highest BCUT2D eigenvalue weighted by atomic mass is 16.4. The molecule has 5 heteroatoms. The summed E-state index contributed by atoms with van der Waals surface area (Å²) in [6, 6.07) is 0.569. The first-order chi connectivity index (χ1) is 5.77. The summed E-state index contributed by atoms with van der Waals surface area (Å²) < 4.78 is 5.25. The van der Waals surface area contributed by atoms with Crippen LogP contribution in [0.25, 0.3) is 0 Å². The van der Waals surface area contributed by atoms with Gasteiger partial charge in [-0.15, -0.1) is 5.10 Å². The minimum absolute atomic E-state index is 0.115. The van der Waals surface area contributed by atoms with E-state index in [1.54, 1.807) is 7.05 Å². The van der Waals surface area contributed by atoms with Crippen molar-refractivity contribution in [1.29, 1.82) is 0 Å². The zero-order valence-electron chi connectivity index (χ0n) is 7.59. The van der Waals surface area contributed by atoms with Gasteiger partial charge in [0.05, 0.1) is 6.04 Å². The van der Waals surface area contributed by atoms with E-state index in [2.05, 4.69) is 20.8 Å². The molecule has 68 valence electrons. The molecule has 2 N–H and O–H groups in total. The van der Waals surface area contributed by atoms with E-state index in [1.807, 2.05) is 13.8 Å². The highest BCUT2D eigenvalue weighted by Crippen LogP contribution is 2.12. The Morgan fingerprint density at radius 1 is 1.50 bits per heavy atom. The van der Waals surface area contributed by atoms with Gasteiger partial charge in [-0.05, 0) is 13.5 Å². The van der Waals surface area contributed by atoms with Gasteiger partial charge in [0, 0.05) is 7.05 Å².